The molecule has 0 radical (unpaired) electrons. The number of amides is 1. The second-order valence-corrected chi connectivity index (χ2v) is 5.45. The van der Waals surface area contributed by atoms with Crippen molar-refractivity contribution in [1.82, 2.24) is 0 Å². The molecule has 1 rings (SSSR count). The lowest BCUT2D eigenvalue weighted by Gasteiger charge is -2.25. The fraction of sp³-hybridized carbons (Fsp3) is 0.562. The molecule has 0 saturated heterocycles. The molecule has 5 N–H and O–H groups in total. The number of aliphatic hydroxyl groups is 1. The van der Waals surface area contributed by atoms with E-state index in [9.17, 15) is 20.1 Å². The highest BCUT2D eigenvalue weighted by Crippen LogP contribution is 2.33. The molecule has 0 aliphatic carbocycles. The topological polar surface area (TPSA) is 104 Å². The molecule has 0 fully saturated rings. The van der Waals surface area contributed by atoms with Crippen molar-refractivity contribution in [2.45, 2.75) is 57.5 Å². The monoisotopic (exact) mass is 295 g/mol. The fourth-order valence-electron chi connectivity index (χ4n) is 2.35. The number of rotatable bonds is 9. The molecular formula is C16H25NO4. The van der Waals surface area contributed by atoms with E-state index < -0.39 is 11.5 Å². The van der Waals surface area contributed by atoms with Gasteiger partial charge in [-0.05, 0) is 30.5 Å². The summed E-state index contributed by atoms with van der Waals surface area (Å²) in [5.41, 5.74) is 3.72. The van der Waals surface area contributed by atoms with Crippen LogP contribution >= 0.6 is 0 Å². The van der Waals surface area contributed by atoms with Crippen LogP contribution in [0.4, 0.5) is 0 Å². The number of hydrogen-bond acceptors (Lipinski definition) is 4. The molecule has 1 amide bonds. The molecule has 118 valence electrons. The number of unbranched alkanes of at least 4 members (excludes halogenated alkanes) is 5. The van der Waals surface area contributed by atoms with E-state index >= 15 is 0 Å². The van der Waals surface area contributed by atoms with Crippen molar-refractivity contribution in [2.24, 2.45) is 5.73 Å². The maximum Gasteiger partial charge on any atom is 0.254 e. The maximum absolute atomic E-state index is 11.6. The van der Waals surface area contributed by atoms with Gasteiger partial charge in [0.15, 0.2) is 17.1 Å². The molecule has 5 nitrogen and oxygen atoms in total. The summed E-state index contributed by atoms with van der Waals surface area (Å²) in [7, 11) is 0. The number of hydrogen-bond donors (Lipinski definition) is 4. The summed E-state index contributed by atoms with van der Waals surface area (Å²) < 4.78 is 0. The third-order valence-corrected chi connectivity index (χ3v) is 3.75. The predicted octanol–water partition coefficient (Wildman–Crippen LogP) is 2.52. The van der Waals surface area contributed by atoms with Crippen LogP contribution in [-0.2, 0) is 10.4 Å². The summed E-state index contributed by atoms with van der Waals surface area (Å²) in [6.45, 7) is 2.14. The highest BCUT2D eigenvalue weighted by Gasteiger charge is 2.35. The van der Waals surface area contributed by atoms with Crippen molar-refractivity contribution in [2.75, 3.05) is 0 Å². The van der Waals surface area contributed by atoms with Crippen molar-refractivity contribution in [3.05, 3.63) is 23.8 Å². The largest absolute Gasteiger partial charge is 0.504 e. The van der Waals surface area contributed by atoms with Crippen LogP contribution < -0.4 is 5.73 Å². The minimum atomic E-state index is -1.81. The van der Waals surface area contributed by atoms with Crippen molar-refractivity contribution in [3.8, 4) is 11.5 Å². The van der Waals surface area contributed by atoms with Crippen LogP contribution in [0, 0.1) is 0 Å². The van der Waals surface area contributed by atoms with E-state index in [1.807, 2.05) is 0 Å². The van der Waals surface area contributed by atoms with Gasteiger partial charge in [0.1, 0.15) is 0 Å². The van der Waals surface area contributed by atoms with Gasteiger partial charge in [0.2, 0.25) is 0 Å². The van der Waals surface area contributed by atoms with Crippen molar-refractivity contribution < 1.29 is 20.1 Å². The second-order valence-electron chi connectivity index (χ2n) is 5.45. The van der Waals surface area contributed by atoms with Crippen LogP contribution in [0.1, 0.15) is 57.4 Å². The number of benzene rings is 1. The van der Waals surface area contributed by atoms with E-state index in [4.69, 9.17) is 5.73 Å². The molecular weight excluding hydrogens is 270 g/mol. The van der Waals surface area contributed by atoms with Gasteiger partial charge in [-0.25, -0.2) is 0 Å². The minimum absolute atomic E-state index is 0.207. The molecule has 0 saturated carbocycles. The number of phenols is 2. The number of carbonyl (C=O) groups excluding carboxylic acids is 1. The fourth-order valence-corrected chi connectivity index (χ4v) is 2.35. The number of carbonyl (C=O) groups is 1. The zero-order valence-electron chi connectivity index (χ0n) is 12.5. The van der Waals surface area contributed by atoms with Gasteiger partial charge in [0.25, 0.3) is 5.91 Å². The normalized spacial score (nSPS) is 13.8. The van der Waals surface area contributed by atoms with Crippen molar-refractivity contribution >= 4 is 5.91 Å². The quantitative estimate of drug-likeness (QED) is 0.415. The molecule has 1 atom stereocenters. The van der Waals surface area contributed by atoms with Gasteiger partial charge >= 0.3 is 0 Å². The Bertz CT molecular complexity index is 475. The summed E-state index contributed by atoms with van der Waals surface area (Å²) in [5, 5.41) is 29.3. The third kappa shape index (κ3) is 4.63. The molecule has 0 bridgehead atoms. The first-order valence-electron chi connectivity index (χ1n) is 7.46. The number of primary amides is 1. The van der Waals surface area contributed by atoms with E-state index in [2.05, 4.69) is 6.92 Å². The van der Waals surface area contributed by atoms with E-state index in [1.165, 1.54) is 24.6 Å². The van der Waals surface area contributed by atoms with E-state index in [0.717, 1.165) is 25.7 Å². The lowest BCUT2D eigenvalue weighted by molar-refractivity contribution is -0.138. The van der Waals surface area contributed by atoms with Crippen LogP contribution in [0.15, 0.2) is 18.2 Å². The summed E-state index contributed by atoms with van der Waals surface area (Å²) >= 11 is 0. The zero-order chi connectivity index (χ0) is 15.9. The Morgan fingerprint density at radius 1 is 1.10 bits per heavy atom. The Morgan fingerprint density at radius 2 is 1.71 bits per heavy atom. The number of phenolic OH excluding ortho intramolecular Hbond substituents is 2. The smallest absolute Gasteiger partial charge is 0.254 e. The number of nitrogens with two attached hydrogens (primary N) is 1. The summed E-state index contributed by atoms with van der Waals surface area (Å²) in [6, 6.07) is 3.81. The first-order chi connectivity index (χ1) is 9.91. The SMILES string of the molecule is CCCCCCCCC(O)(C(N)=O)c1ccc(O)c(O)c1. The first kappa shape index (κ1) is 17.3. The molecule has 0 aliphatic heterocycles. The van der Waals surface area contributed by atoms with E-state index in [0.29, 0.717) is 6.42 Å². The number of aromatic hydroxyl groups is 2. The zero-order valence-corrected chi connectivity index (χ0v) is 12.5. The van der Waals surface area contributed by atoms with Crippen molar-refractivity contribution in [1.29, 1.82) is 0 Å². The minimum Gasteiger partial charge on any atom is -0.504 e. The van der Waals surface area contributed by atoms with Gasteiger partial charge in [-0.2, -0.15) is 0 Å². The van der Waals surface area contributed by atoms with Crippen LogP contribution in [0.5, 0.6) is 11.5 Å². The average Bonchev–Trinajstić information content (AvgIpc) is 2.45. The Hall–Kier alpha value is -1.75. The predicted molar refractivity (Wildman–Crippen MR) is 80.9 cm³/mol. The van der Waals surface area contributed by atoms with E-state index in [-0.39, 0.29) is 23.5 Å². The molecule has 0 aliphatic rings. The standard InChI is InChI=1S/C16H25NO4/c1-2-3-4-5-6-7-10-16(21,15(17)20)12-8-9-13(18)14(19)11-12/h8-9,11,18-19,21H,2-7,10H2,1H3,(H2,17,20). The van der Waals surface area contributed by atoms with Gasteiger partial charge in [0, 0.05) is 0 Å². The van der Waals surface area contributed by atoms with E-state index in [1.54, 1.807) is 0 Å². The van der Waals surface area contributed by atoms with Crippen LogP contribution in [0.2, 0.25) is 0 Å². The summed E-state index contributed by atoms with van der Waals surface area (Å²) in [4.78, 5) is 11.6. The molecule has 0 spiro atoms. The van der Waals surface area contributed by atoms with Crippen LogP contribution in [0.3, 0.4) is 0 Å². The third-order valence-electron chi connectivity index (χ3n) is 3.75. The maximum atomic E-state index is 11.6. The lowest BCUT2D eigenvalue weighted by atomic mass is 9.87. The van der Waals surface area contributed by atoms with Gasteiger partial charge in [0.05, 0.1) is 0 Å². The highest BCUT2D eigenvalue weighted by molar-refractivity contribution is 5.84. The van der Waals surface area contributed by atoms with Gasteiger partial charge < -0.3 is 21.1 Å². The van der Waals surface area contributed by atoms with Crippen LogP contribution in [-0.4, -0.2) is 21.2 Å². The molecule has 5 heteroatoms. The first-order valence-corrected chi connectivity index (χ1v) is 7.46. The molecule has 1 aromatic rings. The lowest BCUT2D eigenvalue weighted by Crippen LogP contribution is -2.41. The Balaban J connectivity index is 2.69. The van der Waals surface area contributed by atoms with Gasteiger partial charge in [-0.15, -0.1) is 0 Å². The Kier molecular flexibility index (Phi) is 6.49. The summed E-state index contributed by atoms with van der Waals surface area (Å²) in [5.74, 6) is -1.53. The van der Waals surface area contributed by atoms with Gasteiger partial charge in [-0.1, -0.05) is 45.1 Å². The molecule has 1 aromatic carbocycles. The Labute approximate surface area is 125 Å². The molecule has 21 heavy (non-hydrogen) atoms. The van der Waals surface area contributed by atoms with Crippen molar-refractivity contribution in [3.63, 3.8) is 0 Å². The molecule has 0 heterocycles. The van der Waals surface area contributed by atoms with Gasteiger partial charge in [-0.3, -0.25) is 4.79 Å². The average molecular weight is 295 g/mol. The molecule has 1 unspecified atom stereocenters. The summed E-state index contributed by atoms with van der Waals surface area (Å²) in [6.07, 6.45) is 6.35. The second kappa shape index (κ2) is 7.88. The molecule has 0 aromatic heterocycles. The highest BCUT2D eigenvalue weighted by atomic mass is 16.3. The van der Waals surface area contributed by atoms with Crippen LogP contribution in [0.25, 0.3) is 0 Å². The Morgan fingerprint density at radius 3 is 2.29 bits per heavy atom.